The van der Waals surface area contributed by atoms with Crippen LogP contribution < -0.4 is 30.6 Å². The Kier molecular flexibility index (Phi) is 18.0. The lowest BCUT2D eigenvalue weighted by atomic mass is 10.1. The molecule has 0 radical (unpaired) electrons. The maximum atomic E-state index is 13.6. The van der Waals surface area contributed by atoms with Gasteiger partial charge in [0.05, 0.1) is 60.7 Å². The van der Waals surface area contributed by atoms with Crippen LogP contribution in [0.2, 0.25) is 0 Å². The number of carbonyl (C=O) groups is 2. The number of nitrogen functional groups attached to an aromatic ring is 1. The Morgan fingerprint density at radius 3 is 1.67 bits per heavy atom. The van der Waals surface area contributed by atoms with Crippen LogP contribution in [-0.4, -0.2) is 69.4 Å². The minimum absolute atomic E-state index is 0.0218. The van der Waals surface area contributed by atoms with E-state index >= 15 is 0 Å². The zero-order valence-corrected chi connectivity index (χ0v) is 48.6. The van der Waals surface area contributed by atoms with Gasteiger partial charge in [-0.05, 0) is 182 Å². The molecule has 7 N–H and O–H groups in total. The molecular weight excluding hydrogens is 1140 g/mol. The summed E-state index contributed by atoms with van der Waals surface area (Å²) in [5, 5.41) is 54.1. The first-order chi connectivity index (χ1) is 41.0. The third-order valence-corrected chi connectivity index (χ3v) is 15.1. The van der Waals surface area contributed by atoms with Crippen molar-refractivity contribution in [3.8, 4) is 23.0 Å². The number of hydrogen-bond donors (Lipinski definition) is 6. The molecule has 0 unspecified atom stereocenters. The third-order valence-electron chi connectivity index (χ3n) is 13.4. The highest BCUT2D eigenvalue weighted by molar-refractivity contribution is 7.86. The molecule has 23 nitrogen and oxygen atoms in total. The number of hydrogen-bond acceptors (Lipinski definition) is 19. The number of carbonyl (C=O) groups excluding carboxylic acids is 2. The van der Waals surface area contributed by atoms with Crippen LogP contribution in [0.5, 0.6) is 23.0 Å². The summed E-state index contributed by atoms with van der Waals surface area (Å²) in [4.78, 5) is 25.8. The molecule has 9 rings (SSSR count). The van der Waals surface area contributed by atoms with Gasteiger partial charge in [0.1, 0.15) is 39.2 Å². The van der Waals surface area contributed by atoms with Gasteiger partial charge in [-0.3, -0.25) is 18.7 Å². The fourth-order valence-corrected chi connectivity index (χ4v) is 9.96. The van der Waals surface area contributed by atoms with Crippen LogP contribution in [0.25, 0.3) is 21.5 Å². The lowest BCUT2D eigenvalue weighted by molar-refractivity contribution is 0.101. The molecule has 0 aliphatic carbocycles. The maximum Gasteiger partial charge on any atom is 0.296 e. The van der Waals surface area contributed by atoms with Crippen LogP contribution in [0.15, 0.2) is 191 Å². The van der Waals surface area contributed by atoms with Crippen molar-refractivity contribution in [1.29, 1.82) is 0 Å². The second-order valence-electron chi connectivity index (χ2n) is 19.6. The molecule has 25 heteroatoms. The van der Waals surface area contributed by atoms with Gasteiger partial charge in [0.15, 0.2) is 5.75 Å². The van der Waals surface area contributed by atoms with Gasteiger partial charge in [0.2, 0.25) is 0 Å². The fraction of sp³-hybridized carbons (Fsp3) is 0.148. The summed E-state index contributed by atoms with van der Waals surface area (Å²) in [5.74, 6) is -0.731. The number of amides is 2. The zero-order chi connectivity index (χ0) is 61.5. The number of ether oxygens (including phenoxy) is 3. The van der Waals surface area contributed by atoms with E-state index in [1.165, 1.54) is 32.4 Å². The number of rotatable bonds is 20. The van der Waals surface area contributed by atoms with Gasteiger partial charge < -0.3 is 35.7 Å². The number of azo groups is 4. The van der Waals surface area contributed by atoms with Crippen LogP contribution in [0.1, 0.15) is 49.4 Å². The number of aryl methyl sites for hydroxylation is 4. The van der Waals surface area contributed by atoms with Crippen molar-refractivity contribution in [2.24, 2.45) is 40.9 Å². The maximum absolute atomic E-state index is 13.6. The number of aromatic hydroxyl groups is 1. The molecule has 0 saturated heterocycles. The largest absolute Gasteiger partial charge is 0.505 e. The summed E-state index contributed by atoms with van der Waals surface area (Å²) >= 11 is 0. The minimum Gasteiger partial charge on any atom is -0.505 e. The number of phenolic OH excluding ortho intramolecular Hbond substituents is 1. The van der Waals surface area contributed by atoms with Crippen molar-refractivity contribution >= 4 is 116 Å². The Balaban J connectivity index is 0.834. The van der Waals surface area contributed by atoms with E-state index in [0.717, 1.165) is 16.7 Å². The molecule has 86 heavy (non-hydrogen) atoms. The van der Waals surface area contributed by atoms with E-state index in [-0.39, 0.29) is 47.4 Å². The quantitative estimate of drug-likeness (QED) is 0.0179. The van der Waals surface area contributed by atoms with E-state index in [1.54, 1.807) is 116 Å². The van der Waals surface area contributed by atoms with E-state index in [0.29, 0.717) is 95.4 Å². The molecule has 0 heterocycles. The molecule has 0 aromatic heterocycles. The van der Waals surface area contributed by atoms with Gasteiger partial charge in [-0.1, -0.05) is 18.2 Å². The summed E-state index contributed by atoms with van der Waals surface area (Å²) in [6.45, 7) is 7.24. The van der Waals surface area contributed by atoms with Gasteiger partial charge in [-0.15, -0.1) is 15.3 Å². The lowest BCUT2D eigenvalue weighted by Crippen LogP contribution is -2.15. The SMILES string of the molecule is COc1cc(N=Nc2ccc3cc(NC(=O)c4ccc(N)cc4)ccc3c2O)c(OC)cc1N=Nc1cc(C)c(N=Nc2ccc(N=Nc3ccc(C(=O)Nc4cc5c(OCCCS(=O)(=O)O)cccc5cc4S(=O)(=O)O)cc3C)c(C)c2)cc1C. The monoisotopic (exact) mass is 1200 g/mol. The number of fused-ring (bicyclic) bond motifs is 2. The lowest BCUT2D eigenvalue weighted by Gasteiger charge is -2.14. The van der Waals surface area contributed by atoms with Crippen LogP contribution in [0.4, 0.5) is 62.6 Å². The predicted molar refractivity (Wildman–Crippen MR) is 327 cm³/mol. The van der Waals surface area contributed by atoms with E-state index in [9.17, 15) is 36.1 Å². The minimum atomic E-state index is -4.82. The van der Waals surface area contributed by atoms with E-state index in [4.69, 9.17) is 24.5 Å². The van der Waals surface area contributed by atoms with Crippen LogP contribution in [-0.2, 0) is 20.2 Å². The van der Waals surface area contributed by atoms with Crippen LogP contribution >= 0.6 is 0 Å². The third kappa shape index (κ3) is 14.5. The molecule has 9 aromatic rings. The summed E-state index contributed by atoms with van der Waals surface area (Å²) in [5.41, 5.74) is 13.7. The first-order valence-corrected chi connectivity index (χ1v) is 29.2. The number of nitrogens with one attached hydrogen (secondary N) is 2. The first kappa shape index (κ1) is 60.3. The number of benzene rings is 9. The highest BCUT2D eigenvalue weighted by atomic mass is 32.2. The zero-order valence-electron chi connectivity index (χ0n) is 47.0. The number of methoxy groups -OCH3 is 2. The van der Waals surface area contributed by atoms with E-state index in [1.807, 2.05) is 39.0 Å². The molecule has 0 aliphatic rings. The molecule has 0 saturated carbocycles. The summed E-state index contributed by atoms with van der Waals surface area (Å²) in [7, 11) is -6.07. The van der Waals surface area contributed by atoms with E-state index in [2.05, 4.69) is 51.5 Å². The second kappa shape index (κ2) is 25.7. The van der Waals surface area contributed by atoms with Gasteiger partial charge in [-0.2, -0.15) is 42.4 Å². The molecule has 0 bridgehead atoms. The Hall–Kier alpha value is -10.3. The van der Waals surface area contributed by atoms with Crippen molar-refractivity contribution < 1.29 is 54.8 Å². The van der Waals surface area contributed by atoms with Crippen LogP contribution in [0, 0.1) is 27.7 Å². The second-order valence-corrected chi connectivity index (χ2v) is 22.5. The van der Waals surface area contributed by atoms with E-state index < -0.39 is 36.8 Å². The molecule has 0 spiro atoms. The van der Waals surface area contributed by atoms with Gasteiger partial charge in [-0.25, -0.2) is 0 Å². The van der Waals surface area contributed by atoms with Crippen molar-refractivity contribution in [3.05, 3.63) is 179 Å². The number of phenols is 1. The molecule has 0 fully saturated rings. The molecular formula is C61H55N11O12S2. The fourth-order valence-electron chi connectivity index (χ4n) is 8.81. The number of nitrogens with two attached hydrogens (primary N) is 1. The Bertz CT molecular complexity index is 4520. The molecule has 2 amide bonds. The van der Waals surface area contributed by atoms with Gasteiger partial charge >= 0.3 is 0 Å². The average molecular weight is 1200 g/mol. The highest BCUT2D eigenvalue weighted by Gasteiger charge is 2.22. The molecule has 438 valence electrons. The Labute approximate surface area is 493 Å². The number of anilines is 3. The molecule has 0 aliphatic heterocycles. The summed E-state index contributed by atoms with van der Waals surface area (Å²) in [6, 6.07) is 39.1. The normalized spacial score (nSPS) is 12.0. The predicted octanol–water partition coefficient (Wildman–Crippen LogP) is 15.6. The Morgan fingerprint density at radius 1 is 0.512 bits per heavy atom. The molecule has 9 aromatic carbocycles. The average Bonchev–Trinajstić information content (AvgIpc) is 1.53. The first-order valence-electron chi connectivity index (χ1n) is 26.2. The Morgan fingerprint density at radius 2 is 1.06 bits per heavy atom. The smallest absolute Gasteiger partial charge is 0.296 e. The summed E-state index contributed by atoms with van der Waals surface area (Å²) < 4.78 is 83.4. The van der Waals surface area contributed by atoms with Crippen molar-refractivity contribution in [1.82, 2.24) is 0 Å². The topological polar surface area (TPSA) is 340 Å². The highest BCUT2D eigenvalue weighted by Crippen LogP contribution is 2.44. The molecule has 0 atom stereocenters. The van der Waals surface area contributed by atoms with Crippen molar-refractivity contribution in [2.75, 3.05) is 42.9 Å². The number of nitrogens with zero attached hydrogens (tertiary/aromatic N) is 8. The van der Waals surface area contributed by atoms with Crippen molar-refractivity contribution in [3.63, 3.8) is 0 Å². The standard InChI is InChI=1S/C61H55N11O12S2/c1-34-25-41(61(75)64-54-31-46-39(30-58(54)86(79,80)81)9-7-10-55(46)84-23-8-24-85(76,77)78)14-20-47(34)66-67-48-22-18-44(26-35(48)2)65-69-50-27-37(4)51(28-36(50)3)70-72-53-33-56(82-5)52(32-57(53)83-6)71-68-49-21-13-40-29-43(17-19-45(40)59(49)73)63-60(74)38-11-15-42(62)16-12-38/h7,9-22,25-33,73H,8,23-24,62H2,1-6H3,(H,63,74)(H,64,75)(H,76,77,78)(H,79,80,81). The van der Waals surface area contributed by atoms with Crippen molar-refractivity contribution in [2.45, 2.75) is 39.0 Å². The van der Waals surface area contributed by atoms with Gasteiger partial charge in [0.25, 0.3) is 32.1 Å². The van der Waals surface area contributed by atoms with Gasteiger partial charge in [0, 0.05) is 45.4 Å². The van der Waals surface area contributed by atoms with Crippen LogP contribution in [0.3, 0.4) is 0 Å². The summed E-state index contributed by atoms with van der Waals surface area (Å²) in [6.07, 6.45) is -0.0218.